The molecular weight excluding hydrogens is 334 g/mol. The summed E-state index contributed by atoms with van der Waals surface area (Å²) >= 11 is 0. The number of benzene rings is 2. The Morgan fingerprint density at radius 3 is 2.22 bits per heavy atom. The molecule has 1 amide bonds. The van der Waals surface area contributed by atoms with Crippen LogP contribution in [-0.2, 0) is 11.2 Å². The third-order valence-corrected chi connectivity index (χ3v) is 4.72. The Kier molecular flexibility index (Phi) is 7.90. The highest BCUT2D eigenvalue weighted by Crippen LogP contribution is 2.19. The lowest BCUT2D eigenvalue weighted by Crippen LogP contribution is -2.38. The summed E-state index contributed by atoms with van der Waals surface area (Å²) < 4.78 is 5.93. The maximum atomic E-state index is 12.4. The third kappa shape index (κ3) is 6.74. The Morgan fingerprint density at radius 2 is 1.67 bits per heavy atom. The average Bonchev–Trinajstić information content (AvgIpc) is 2.62. The van der Waals surface area contributed by atoms with E-state index in [1.807, 2.05) is 32.9 Å². The van der Waals surface area contributed by atoms with Crippen molar-refractivity contribution < 1.29 is 9.53 Å². The standard InChI is InChI=1S/C24H33NO2/c1-6-23(27-22-15-18(4)14-19(5)16-22)24(26)25-13-7-8-20-9-11-21(12-10-20)17(2)3/h9-12,14-17,23H,6-8,13H2,1-5H3,(H,25,26). The minimum atomic E-state index is -0.448. The van der Waals surface area contributed by atoms with Gasteiger partial charge in [-0.05, 0) is 73.4 Å². The first-order valence-electron chi connectivity index (χ1n) is 10.0. The van der Waals surface area contributed by atoms with Gasteiger partial charge in [0.2, 0.25) is 0 Å². The highest BCUT2D eigenvalue weighted by atomic mass is 16.5. The highest BCUT2D eigenvalue weighted by Gasteiger charge is 2.18. The van der Waals surface area contributed by atoms with Crippen molar-refractivity contribution in [3.8, 4) is 5.75 Å². The summed E-state index contributed by atoms with van der Waals surface area (Å²) in [6.45, 7) is 11.1. The van der Waals surface area contributed by atoms with Gasteiger partial charge in [-0.25, -0.2) is 0 Å². The molecule has 2 aromatic carbocycles. The van der Waals surface area contributed by atoms with Gasteiger partial charge in [-0.2, -0.15) is 0 Å². The zero-order chi connectivity index (χ0) is 19.8. The molecule has 0 spiro atoms. The van der Waals surface area contributed by atoms with Crippen LogP contribution in [0.15, 0.2) is 42.5 Å². The molecule has 146 valence electrons. The van der Waals surface area contributed by atoms with E-state index < -0.39 is 6.10 Å². The van der Waals surface area contributed by atoms with Crippen LogP contribution >= 0.6 is 0 Å². The number of ether oxygens (including phenoxy) is 1. The quantitative estimate of drug-likeness (QED) is 0.608. The van der Waals surface area contributed by atoms with Crippen LogP contribution in [0.5, 0.6) is 5.75 Å². The SMILES string of the molecule is CCC(Oc1cc(C)cc(C)c1)C(=O)NCCCc1ccc(C(C)C)cc1. The van der Waals surface area contributed by atoms with E-state index in [4.69, 9.17) is 4.74 Å². The lowest BCUT2D eigenvalue weighted by atomic mass is 10.0. The van der Waals surface area contributed by atoms with Crippen LogP contribution in [0, 0.1) is 13.8 Å². The van der Waals surface area contributed by atoms with Crippen molar-refractivity contribution in [1.29, 1.82) is 0 Å². The smallest absolute Gasteiger partial charge is 0.261 e. The molecule has 0 radical (unpaired) electrons. The predicted molar refractivity (Wildman–Crippen MR) is 112 cm³/mol. The molecule has 27 heavy (non-hydrogen) atoms. The third-order valence-electron chi connectivity index (χ3n) is 4.72. The molecule has 2 rings (SSSR count). The summed E-state index contributed by atoms with van der Waals surface area (Å²) in [7, 11) is 0. The zero-order valence-corrected chi connectivity index (χ0v) is 17.3. The van der Waals surface area contributed by atoms with Crippen LogP contribution in [0.2, 0.25) is 0 Å². The van der Waals surface area contributed by atoms with Crippen molar-refractivity contribution in [2.75, 3.05) is 6.54 Å². The van der Waals surface area contributed by atoms with E-state index in [0.717, 1.165) is 29.7 Å². The fourth-order valence-corrected chi connectivity index (χ4v) is 3.17. The Balaban J connectivity index is 1.79. The molecule has 0 aromatic heterocycles. The van der Waals surface area contributed by atoms with Gasteiger partial charge in [-0.1, -0.05) is 51.1 Å². The summed E-state index contributed by atoms with van der Waals surface area (Å²) in [4.78, 5) is 12.4. The van der Waals surface area contributed by atoms with Gasteiger partial charge in [0.25, 0.3) is 5.91 Å². The van der Waals surface area contributed by atoms with Crippen LogP contribution in [0.4, 0.5) is 0 Å². The van der Waals surface area contributed by atoms with Crippen molar-refractivity contribution in [3.63, 3.8) is 0 Å². The summed E-state index contributed by atoms with van der Waals surface area (Å²) in [6.07, 6.45) is 2.09. The molecule has 1 N–H and O–H groups in total. The lowest BCUT2D eigenvalue weighted by molar-refractivity contribution is -0.128. The highest BCUT2D eigenvalue weighted by molar-refractivity contribution is 5.81. The van der Waals surface area contributed by atoms with Crippen molar-refractivity contribution in [2.45, 2.75) is 65.9 Å². The Labute approximate surface area is 164 Å². The Hall–Kier alpha value is -2.29. The van der Waals surface area contributed by atoms with E-state index in [9.17, 15) is 4.79 Å². The number of rotatable bonds is 9. The van der Waals surface area contributed by atoms with Gasteiger partial charge in [0.1, 0.15) is 5.75 Å². The van der Waals surface area contributed by atoms with Crippen molar-refractivity contribution >= 4 is 5.91 Å². The molecule has 0 aliphatic heterocycles. The summed E-state index contributed by atoms with van der Waals surface area (Å²) in [5, 5.41) is 3.02. The van der Waals surface area contributed by atoms with Gasteiger partial charge in [-0.15, -0.1) is 0 Å². The fourth-order valence-electron chi connectivity index (χ4n) is 3.17. The van der Waals surface area contributed by atoms with E-state index in [1.54, 1.807) is 0 Å². The maximum absolute atomic E-state index is 12.4. The summed E-state index contributed by atoms with van der Waals surface area (Å²) in [5.74, 6) is 1.29. The van der Waals surface area contributed by atoms with E-state index in [2.05, 4.69) is 49.5 Å². The first kappa shape index (κ1) is 21.0. The number of carbonyl (C=O) groups excluding carboxylic acids is 1. The fraction of sp³-hybridized carbons (Fsp3) is 0.458. The molecule has 0 heterocycles. The van der Waals surface area contributed by atoms with Crippen LogP contribution in [-0.4, -0.2) is 18.6 Å². The molecule has 0 aliphatic rings. The van der Waals surface area contributed by atoms with Crippen LogP contribution in [0.1, 0.15) is 61.8 Å². The van der Waals surface area contributed by atoms with Gasteiger partial charge in [-0.3, -0.25) is 4.79 Å². The molecule has 3 nitrogen and oxygen atoms in total. The molecule has 0 bridgehead atoms. The molecule has 1 unspecified atom stereocenters. The van der Waals surface area contributed by atoms with E-state index in [-0.39, 0.29) is 5.91 Å². The minimum Gasteiger partial charge on any atom is -0.481 e. The van der Waals surface area contributed by atoms with E-state index in [0.29, 0.717) is 18.9 Å². The number of hydrogen-bond donors (Lipinski definition) is 1. The summed E-state index contributed by atoms with van der Waals surface area (Å²) in [6, 6.07) is 14.8. The molecule has 0 fully saturated rings. The van der Waals surface area contributed by atoms with Crippen LogP contribution in [0.3, 0.4) is 0 Å². The molecule has 0 saturated heterocycles. The van der Waals surface area contributed by atoms with E-state index in [1.165, 1.54) is 11.1 Å². The van der Waals surface area contributed by atoms with Crippen LogP contribution < -0.4 is 10.1 Å². The molecule has 1 atom stereocenters. The second-order valence-electron chi connectivity index (χ2n) is 7.63. The average molecular weight is 368 g/mol. The zero-order valence-electron chi connectivity index (χ0n) is 17.3. The van der Waals surface area contributed by atoms with Gasteiger partial charge < -0.3 is 10.1 Å². The number of amides is 1. The molecule has 0 aliphatic carbocycles. The Bertz CT molecular complexity index is 714. The predicted octanol–water partition coefficient (Wildman–Crippen LogP) is 5.33. The van der Waals surface area contributed by atoms with Crippen LogP contribution in [0.25, 0.3) is 0 Å². The van der Waals surface area contributed by atoms with Gasteiger partial charge in [0.15, 0.2) is 6.10 Å². The molecule has 3 heteroatoms. The second-order valence-corrected chi connectivity index (χ2v) is 7.63. The first-order valence-corrected chi connectivity index (χ1v) is 10.0. The Morgan fingerprint density at radius 1 is 1.04 bits per heavy atom. The van der Waals surface area contributed by atoms with Crippen molar-refractivity contribution in [2.24, 2.45) is 0 Å². The van der Waals surface area contributed by atoms with Gasteiger partial charge in [0, 0.05) is 6.54 Å². The topological polar surface area (TPSA) is 38.3 Å². The van der Waals surface area contributed by atoms with E-state index >= 15 is 0 Å². The number of nitrogens with one attached hydrogen (secondary N) is 1. The molecular formula is C24H33NO2. The lowest BCUT2D eigenvalue weighted by Gasteiger charge is -2.18. The molecule has 2 aromatic rings. The second kappa shape index (κ2) is 10.1. The minimum absolute atomic E-state index is 0.0354. The van der Waals surface area contributed by atoms with Crippen molar-refractivity contribution in [1.82, 2.24) is 5.32 Å². The number of carbonyl (C=O) groups is 1. The molecule has 0 saturated carbocycles. The first-order chi connectivity index (χ1) is 12.9. The number of aryl methyl sites for hydroxylation is 3. The van der Waals surface area contributed by atoms with Crippen molar-refractivity contribution in [3.05, 3.63) is 64.7 Å². The normalized spacial score (nSPS) is 12.1. The number of hydrogen-bond acceptors (Lipinski definition) is 2. The largest absolute Gasteiger partial charge is 0.481 e. The van der Waals surface area contributed by atoms with Gasteiger partial charge >= 0.3 is 0 Å². The maximum Gasteiger partial charge on any atom is 0.261 e. The monoisotopic (exact) mass is 367 g/mol. The van der Waals surface area contributed by atoms with Gasteiger partial charge in [0.05, 0.1) is 0 Å². The summed E-state index contributed by atoms with van der Waals surface area (Å²) in [5.41, 5.74) is 4.96.